The highest BCUT2D eigenvalue weighted by Crippen LogP contribution is 2.30. The molecule has 1 fully saturated rings. The summed E-state index contributed by atoms with van der Waals surface area (Å²) < 4.78 is 30.8. The summed E-state index contributed by atoms with van der Waals surface area (Å²) in [5, 5.41) is 3.33. The maximum atomic E-state index is 12.0. The van der Waals surface area contributed by atoms with Crippen molar-refractivity contribution in [1.29, 1.82) is 0 Å². The number of benzene rings is 1. The zero-order chi connectivity index (χ0) is 15.6. The van der Waals surface area contributed by atoms with E-state index in [2.05, 4.69) is 5.32 Å². The van der Waals surface area contributed by atoms with Gasteiger partial charge in [-0.05, 0) is 38.0 Å². The van der Waals surface area contributed by atoms with Crippen LogP contribution in [0.15, 0.2) is 23.1 Å². The molecule has 0 radical (unpaired) electrons. The fourth-order valence-electron chi connectivity index (χ4n) is 2.32. The van der Waals surface area contributed by atoms with Crippen LogP contribution in [0.4, 0.5) is 11.4 Å². The first kappa shape index (κ1) is 16.1. The lowest BCUT2D eigenvalue weighted by Gasteiger charge is -2.36. The first-order chi connectivity index (χ1) is 9.84. The Hall–Kier alpha value is -1.31. The summed E-state index contributed by atoms with van der Waals surface area (Å²) in [6.45, 7) is 2.72. The fourth-order valence-corrected chi connectivity index (χ4v) is 3.26. The minimum atomic E-state index is -3.45. The van der Waals surface area contributed by atoms with E-state index in [9.17, 15) is 8.42 Å². The molecule has 3 N–H and O–H groups in total. The number of rotatable bonds is 6. The number of nitrogens with one attached hydrogen (secondary N) is 1. The Morgan fingerprint density at radius 3 is 2.57 bits per heavy atom. The van der Waals surface area contributed by atoms with Gasteiger partial charge in [0, 0.05) is 26.7 Å². The van der Waals surface area contributed by atoms with Crippen LogP contribution in [0.5, 0.6) is 0 Å². The normalized spacial score (nSPS) is 22.1. The highest BCUT2D eigenvalue weighted by molar-refractivity contribution is 7.89. The topological polar surface area (TPSA) is 84.7 Å². The minimum Gasteiger partial charge on any atom is -0.397 e. The van der Waals surface area contributed by atoms with Gasteiger partial charge in [-0.15, -0.1) is 0 Å². The Balaban J connectivity index is 2.04. The molecule has 0 aromatic heterocycles. The second-order valence-electron chi connectivity index (χ2n) is 5.43. The molecule has 0 saturated heterocycles. The quantitative estimate of drug-likeness (QED) is 0.778. The van der Waals surface area contributed by atoms with Crippen LogP contribution in [0.25, 0.3) is 0 Å². The van der Waals surface area contributed by atoms with Crippen LogP contribution in [-0.2, 0) is 14.8 Å². The monoisotopic (exact) mass is 313 g/mol. The van der Waals surface area contributed by atoms with Crippen LogP contribution in [-0.4, -0.2) is 45.6 Å². The van der Waals surface area contributed by atoms with Gasteiger partial charge in [0.1, 0.15) is 0 Å². The van der Waals surface area contributed by atoms with Crippen LogP contribution in [0.2, 0.25) is 0 Å². The van der Waals surface area contributed by atoms with Crippen LogP contribution < -0.4 is 11.1 Å². The Morgan fingerprint density at radius 2 is 2.05 bits per heavy atom. The molecule has 7 heteroatoms. The first-order valence-corrected chi connectivity index (χ1v) is 8.48. The molecule has 6 nitrogen and oxygen atoms in total. The predicted molar refractivity (Wildman–Crippen MR) is 83.8 cm³/mol. The molecule has 1 aromatic rings. The Morgan fingerprint density at radius 1 is 1.38 bits per heavy atom. The van der Waals surface area contributed by atoms with Crippen LogP contribution in [0, 0.1) is 0 Å². The number of hydrogen-bond acceptors (Lipinski definition) is 5. The van der Waals surface area contributed by atoms with Gasteiger partial charge in [-0.1, -0.05) is 0 Å². The molecule has 0 bridgehead atoms. The van der Waals surface area contributed by atoms with E-state index in [-0.39, 0.29) is 4.90 Å². The summed E-state index contributed by atoms with van der Waals surface area (Å²) in [4.78, 5) is 0.205. The molecule has 21 heavy (non-hydrogen) atoms. The number of nitrogens with zero attached hydrogens (tertiary/aromatic N) is 1. The van der Waals surface area contributed by atoms with Crippen molar-refractivity contribution >= 4 is 21.4 Å². The third-order valence-corrected chi connectivity index (χ3v) is 5.47. The SMILES string of the molecule is CCOC1CC(Nc2ccc(S(=O)(=O)N(C)C)cc2N)C1. The van der Waals surface area contributed by atoms with Crippen molar-refractivity contribution in [3.8, 4) is 0 Å². The average molecular weight is 313 g/mol. The van der Waals surface area contributed by atoms with Crippen molar-refractivity contribution in [1.82, 2.24) is 4.31 Å². The first-order valence-electron chi connectivity index (χ1n) is 7.04. The molecule has 1 aromatic carbocycles. The number of sulfonamides is 1. The standard InChI is InChI=1S/C14H23N3O3S/c1-4-20-11-7-10(8-11)16-14-6-5-12(9-13(14)15)21(18,19)17(2)3/h5-6,9-11,16H,4,7-8,15H2,1-3H3. The molecular formula is C14H23N3O3S. The van der Waals surface area contributed by atoms with E-state index < -0.39 is 10.0 Å². The maximum Gasteiger partial charge on any atom is 0.242 e. The maximum absolute atomic E-state index is 12.0. The second kappa shape index (κ2) is 6.21. The Bertz CT molecular complexity index is 595. The van der Waals surface area contributed by atoms with Gasteiger partial charge in [0.05, 0.1) is 22.4 Å². The zero-order valence-electron chi connectivity index (χ0n) is 12.7. The third kappa shape index (κ3) is 3.48. The summed E-state index contributed by atoms with van der Waals surface area (Å²) in [5.74, 6) is 0. The molecule has 118 valence electrons. The van der Waals surface area contributed by atoms with Gasteiger partial charge in [0.2, 0.25) is 10.0 Å². The Labute approximate surface area is 126 Å². The van der Waals surface area contributed by atoms with Gasteiger partial charge in [-0.2, -0.15) is 0 Å². The highest BCUT2D eigenvalue weighted by Gasteiger charge is 2.29. The molecule has 0 unspecified atom stereocenters. The van der Waals surface area contributed by atoms with Gasteiger partial charge >= 0.3 is 0 Å². The summed E-state index contributed by atoms with van der Waals surface area (Å²) in [7, 11) is -0.447. The molecule has 1 aliphatic carbocycles. The number of nitrogens with two attached hydrogens (primary N) is 1. The van der Waals surface area contributed by atoms with Crippen molar-refractivity contribution in [2.75, 3.05) is 31.8 Å². The smallest absolute Gasteiger partial charge is 0.242 e. The molecule has 0 amide bonds. The van der Waals surface area contributed by atoms with Crippen molar-refractivity contribution in [3.05, 3.63) is 18.2 Å². The Kier molecular flexibility index (Phi) is 4.75. The molecule has 0 atom stereocenters. The van der Waals surface area contributed by atoms with E-state index in [1.165, 1.54) is 24.5 Å². The lowest BCUT2D eigenvalue weighted by molar-refractivity contribution is 0.00300. The molecule has 0 spiro atoms. The van der Waals surface area contributed by atoms with Crippen LogP contribution in [0.1, 0.15) is 19.8 Å². The minimum absolute atomic E-state index is 0.205. The van der Waals surface area contributed by atoms with E-state index in [4.69, 9.17) is 10.5 Å². The van der Waals surface area contributed by atoms with Gasteiger partial charge < -0.3 is 15.8 Å². The summed E-state index contributed by atoms with van der Waals surface area (Å²) in [6, 6.07) is 5.13. The lowest BCUT2D eigenvalue weighted by atomic mass is 9.89. The molecule has 2 rings (SSSR count). The van der Waals surface area contributed by atoms with Crippen LogP contribution >= 0.6 is 0 Å². The molecule has 0 heterocycles. The van der Waals surface area contributed by atoms with Gasteiger partial charge in [0.25, 0.3) is 0 Å². The predicted octanol–water partition coefficient (Wildman–Crippen LogP) is 1.50. The zero-order valence-corrected chi connectivity index (χ0v) is 13.5. The summed E-state index contributed by atoms with van der Waals surface area (Å²) in [6.07, 6.45) is 2.22. The van der Waals surface area contributed by atoms with Gasteiger partial charge in [-0.25, -0.2) is 12.7 Å². The molecule has 0 aliphatic heterocycles. The van der Waals surface area contributed by atoms with Crippen molar-refractivity contribution in [2.45, 2.75) is 36.8 Å². The van der Waals surface area contributed by atoms with E-state index in [0.29, 0.717) is 17.8 Å². The van der Waals surface area contributed by atoms with Gasteiger partial charge in [-0.3, -0.25) is 0 Å². The summed E-state index contributed by atoms with van der Waals surface area (Å²) in [5.41, 5.74) is 7.18. The van der Waals surface area contributed by atoms with Gasteiger partial charge in [0.15, 0.2) is 0 Å². The van der Waals surface area contributed by atoms with Crippen LogP contribution in [0.3, 0.4) is 0 Å². The largest absolute Gasteiger partial charge is 0.397 e. The van der Waals surface area contributed by atoms with E-state index in [0.717, 1.165) is 25.1 Å². The van der Waals surface area contributed by atoms with E-state index >= 15 is 0 Å². The van der Waals surface area contributed by atoms with Crippen molar-refractivity contribution in [3.63, 3.8) is 0 Å². The van der Waals surface area contributed by atoms with Crippen molar-refractivity contribution < 1.29 is 13.2 Å². The number of nitrogen functional groups attached to an aromatic ring is 1. The number of ether oxygens (including phenoxy) is 1. The molecular weight excluding hydrogens is 290 g/mol. The number of anilines is 2. The summed E-state index contributed by atoms with van der Waals surface area (Å²) >= 11 is 0. The third-order valence-electron chi connectivity index (χ3n) is 3.66. The average Bonchev–Trinajstić information content (AvgIpc) is 2.37. The molecule has 1 saturated carbocycles. The molecule has 1 aliphatic rings. The number of hydrogen-bond donors (Lipinski definition) is 2. The van der Waals surface area contributed by atoms with E-state index in [1.807, 2.05) is 6.92 Å². The van der Waals surface area contributed by atoms with E-state index in [1.54, 1.807) is 12.1 Å². The van der Waals surface area contributed by atoms with Crippen molar-refractivity contribution in [2.24, 2.45) is 0 Å². The second-order valence-corrected chi connectivity index (χ2v) is 7.58. The fraction of sp³-hybridized carbons (Fsp3) is 0.571. The highest BCUT2D eigenvalue weighted by atomic mass is 32.2. The lowest BCUT2D eigenvalue weighted by Crippen LogP contribution is -2.40.